The lowest BCUT2D eigenvalue weighted by Crippen LogP contribution is -2.46. The zero-order chi connectivity index (χ0) is 17.1. The number of rotatable bonds is 4. The van der Waals surface area contributed by atoms with E-state index in [1.165, 1.54) is 5.56 Å². The highest BCUT2D eigenvalue weighted by atomic mass is 35.5. The molecule has 2 heterocycles. The van der Waals surface area contributed by atoms with E-state index in [-0.39, 0.29) is 0 Å². The molecule has 1 saturated heterocycles. The molecule has 1 aliphatic rings. The third-order valence-electron chi connectivity index (χ3n) is 4.42. The molecule has 1 aromatic heterocycles. The molecule has 0 radical (unpaired) electrons. The van der Waals surface area contributed by atoms with Crippen molar-refractivity contribution in [2.24, 2.45) is 0 Å². The monoisotopic (exact) mass is 344 g/mol. The molecule has 3 rings (SSSR count). The summed E-state index contributed by atoms with van der Waals surface area (Å²) >= 11 is 6.28. The Hall–Kier alpha value is -1.65. The molecule has 0 amide bonds. The van der Waals surface area contributed by atoms with Crippen LogP contribution in [0.5, 0.6) is 0 Å². The average molecular weight is 345 g/mol. The van der Waals surface area contributed by atoms with Crippen molar-refractivity contribution in [1.82, 2.24) is 14.9 Å². The number of aromatic nitrogens is 2. The first-order valence-corrected chi connectivity index (χ1v) is 8.97. The Morgan fingerprint density at radius 2 is 1.79 bits per heavy atom. The molecule has 1 fully saturated rings. The molecule has 0 aliphatic carbocycles. The van der Waals surface area contributed by atoms with Crippen LogP contribution in [0.3, 0.4) is 0 Å². The number of hydrogen-bond donors (Lipinski definition) is 0. The lowest BCUT2D eigenvalue weighted by molar-refractivity contribution is 0.249. The molecule has 0 saturated carbocycles. The molecule has 2 aromatic rings. The van der Waals surface area contributed by atoms with E-state index in [9.17, 15) is 0 Å². The molecular weight excluding hydrogens is 320 g/mol. The van der Waals surface area contributed by atoms with Crippen LogP contribution < -0.4 is 4.90 Å². The van der Waals surface area contributed by atoms with Gasteiger partial charge in [0.2, 0.25) is 0 Å². The number of anilines is 1. The molecule has 24 heavy (non-hydrogen) atoms. The van der Waals surface area contributed by atoms with Crippen molar-refractivity contribution in [3.05, 3.63) is 52.4 Å². The van der Waals surface area contributed by atoms with Gasteiger partial charge in [0.15, 0.2) is 0 Å². The Kier molecular flexibility index (Phi) is 5.36. The van der Waals surface area contributed by atoms with Gasteiger partial charge in [0.05, 0.1) is 0 Å². The summed E-state index contributed by atoms with van der Waals surface area (Å²) in [4.78, 5) is 14.1. The van der Waals surface area contributed by atoms with E-state index in [1.54, 1.807) is 0 Å². The van der Waals surface area contributed by atoms with E-state index in [2.05, 4.69) is 46.8 Å². The van der Waals surface area contributed by atoms with Crippen LogP contribution in [0.4, 0.5) is 5.82 Å². The third-order valence-corrected chi connectivity index (χ3v) is 4.79. The first-order valence-electron chi connectivity index (χ1n) is 8.59. The van der Waals surface area contributed by atoms with Gasteiger partial charge in [-0.05, 0) is 18.6 Å². The van der Waals surface area contributed by atoms with Crippen molar-refractivity contribution in [2.45, 2.75) is 33.2 Å². The molecule has 0 N–H and O–H groups in total. The Labute approximate surface area is 149 Å². The second-order valence-electron chi connectivity index (χ2n) is 6.74. The molecular formula is C19H25ClN4. The smallest absolute Gasteiger partial charge is 0.133 e. The molecule has 128 valence electrons. The van der Waals surface area contributed by atoms with Crippen LogP contribution in [0, 0.1) is 6.92 Å². The van der Waals surface area contributed by atoms with Crippen molar-refractivity contribution in [3.63, 3.8) is 0 Å². The van der Waals surface area contributed by atoms with Crippen LogP contribution in [0.1, 0.15) is 36.8 Å². The largest absolute Gasteiger partial charge is 0.354 e. The van der Waals surface area contributed by atoms with Gasteiger partial charge in [-0.2, -0.15) is 0 Å². The number of hydrogen-bond acceptors (Lipinski definition) is 4. The topological polar surface area (TPSA) is 32.3 Å². The Bertz CT molecular complexity index is 694. The van der Waals surface area contributed by atoms with Crippen LogP contribution in [-0.4, -0.2) is 41.0 Å². The summed E-state index contributed by atoms with van der Waals surface area (Å²) in [5, 5.41) is 0.855. The van der Waals surface area contributed by atoms with Gasteiger partial charge in [0, 0.05) is 55.4 Å². The van der Waals surface area contributed by atoms with Gasteiger partial charge < -0.3 is 4.90 Å². The van der Waals surface area contributed by atoms with Gasteiger partial charge in [-0.3, -0.25) is 4.90 Å². The maximum atomic E-state index is 6.28. The van der Waals surface area contributed by atoms with E-state index in [0.717, 1.165) is 55.1 Å². The van der Waals surface area contributed by atoms with Crippen LogP contribution in [-0.2, 0) is 6.54 Å². The molecule has 1 aliphatic heterocycles. The molecule has 0 bridgehead atoms. The fourth-order valence-electron chi connectivity index (χ4n) is 3.00. The molecule has 0 unspecified atom stereocenters. The van der Waals surface area contributed by atoms with E-state index in [1.807, 2.05) is 19.1 Å². The van der Waals surface area contributed by atoms with Gasteiger partial charge >= 0.3 is 0 Å². The lowest BCUT2D eigenvalue weighted by atomic mass is 10.2. The normalized spacial score (nSPS) is 16.0. The van der Waals surface area contributed by atoms with Crippen LogP contribution >= 0.6 is 11.6 Å². The van der Waals surface area contributed by atoms with Gasteiger partial charge in [-0.25, -0.2) is 9.97 Å². The minimum atomic E-state index is 0.352. The summed E-state index contributed by atoms with van der Waals surface area (Å²) in [5.41, 5.74) is 2.25. The van der Waals surface area contributed by atoms with Crippen molar-refractivity contribution < 1.29 is 0 Å². The Morgan fingerprint density at radius 3 is 2.46 bits per heavy atom. The Balaban J connectivity index is 1.64. The predicted molar refractivity (Wildman–Crippen MR) is 99.8 cm³/mol. The number of halogens is 1. The summed E-state index contributed by atoms with van der Waals surface area (Å²) in [6, 6.07) is 10.2. The van der Waals surface area contributed by atoms with Crippen LogP contribution in [0.25, 0.3) is 0 Å². The standard InChI is InChI=1S/C19H25ClN4/c1-14(2)19-21-15(3)12-18(22-19)24-10-8-23(9-11-24)13-16-6-4-5-7-17(16)20/h4-7,12,14H,8-11,13H2,1-3H3. The van der Waals surface area contributed by atoms with E-state index in [0.29, 0.717) is 5.92 Å². The van der Waals surface area contributed by atoms with Gasteiger partial charge in [-0.1, -0.05) is 43.6 Å². The summed E-state index contributed by atoms with van der Waals surface area (Å²) in [7, 11) is 0. The first kappa shape index (κ1) is 17.2. The average Bonchev–Trinajstić information content (AvgIpc) is 2.57. The highest BCUT2D eigenvalue weighted by molar-refractivity contribution is 6.31. The summed E-state index contributed by atoms with van der Waals surface area (Å²) in [6.45, 7) is 11.2. The van der Waals surface area contributed by atoms with Crippen LogP contribution in [0.15, 0.2) is 30.3 Å². The molecule has 0 atom stereocenters. The van der Waals surface area contributed by atoms with Crippen molar-refractivity contribution in [2.75, 3.05) is 31.1 Å². The lowest BCUT2D eigenvalue weighted by Gasteiger charge is -2.35. The third kappa shape index (κ3) is 4.05. The van der Waals surface area contributed by atoms with E-state index >= 15 is 0 Å². The van der Waals surface area contributed by atoms with Gasteiger partial charge in [-0.15, -0.1) is 0 Å². The van der Waals surface area contributed by atoms with Gasteiger partial charge in [0.25, 0.3) is 0 Å². The molecule has 1 aromatic carbocycles. The number of benzene rings is 1. The maximum Gasteiger partial charge on any atom is 0.133 e. The van der Waals surface area contributed by atoms with Crippen molar-refractivity contribution in [3.8, 4) is 0 Å². The van der Waals surface area contributed by atoms with Gasteiger partial charge in [0.1, 0.15) is 11.6 Å². The summed E-state index contributed by atoms with van der Waals surface area (Å²) in [6.07, 6.45) is 0. The van der Waals surface area contributed by atoms with Crippen molar-refractivity contribution in [1.29, 1.82) is 0 Å². The highest BCUT2D eigenvalue weighted by Crippen LogP contribution is 2.21. The van der Waals surface area contributed by atoms with Crippen LogP contribution in [0.2, 0.25) is 5.02 Å². The number of aryl methyl sites for hydroxylation is 1. The second-order valence-corrected chi connectivity index (χ2v) is 7.14. The van der Waals surface area contributed by atoms with Crippen molar-refractivity contribution >= 4 is 17.4 Å². The quantitative estimate of drug-likeness (QED) is 0.842. The molecule has 5 heteroatoms. The number of nitrogens with zero attached hydrogens (tertiary/aromatic N) is 4. The van der Waals surface area contributed by atoms with E-state index < -0.39 is 0 Å². The first-order chi connectivity index (χ1) is 11.5. The zero-order valence-corrected chi connectivity index (χ0v) is 15.4. The fraction of sp³-hybridized carbons (Fsp3) is 0.474. The highest BCUT2D eigenvalue weighted by Gasteiger charge is 2.20. The molecule has 0 spiro atoms. The maximum absolute atomic E-state index is 6.28. The summed E-state index contributed by atoms with van der Waals surface area (Å²) < 4.78 is 0. The zero-order valence-electron chi connectivity index (χ0n) is 14.7. The fourth-order valence-corrected chi connectivity index (χ4v) is 3.19. The minimum Gasteiger partial charge on any atom is -0.354 e. The predicted octanol–water partition coefficient (Wildman–Crippen LogP) is 3.88. The Morgan fingerprint density at radius 1 is 1.08 bits per heavy atom. The number of piperazine rings is 1. The molecule has 4 nitrogen and oxygen atoms in total. The second kappa shape index (κ2) is 7.49. The van der Waals surface area contributed by atoms with E-state index in [4.69, 9.17) is 16.6 Å². The SMILES string of the molecule is Cc1cc(N2CCN(Cc3ccccc3Cl)CC2)nc(C(C)C)n1. The minimum absolute atomic E-state index is 0.352. The summed E-state index contributed by atoms with van der Waals surface area (Å²) in [5.74, 6) is 2.34.